The normalized spacial score (nSPS) is 10.5. The molecule has 0 fully saturated rings. The fourth-order valence-electron chi connectivity index (χ4n) is 0.738. The molecular weight excluding hydrogens is 207 g/mol. The minimum Gasteiger partial charge on any atom is -0.298 e. The van der Waals surface area contributed by atoms with Gasteiger partial charge in [-0.1, -0.05) is 11.6 Å². The van der Waals surface area contributed by atoms with Gasteiger partial charge in [0.05, 0.1) is 11.1 Å². The zero-order chi connectivity index (χ0) is 10.0. The molecule has 0 N–H and O–H groups in total. The average Bonchev–Trinajstić information content (AvgIpc) is 2.03. The lowest BCUT2D eigenvalue weighted by atomic mass is 10.2. The Morgan fingerprint density at radius 2 is 2.15 bits per heavy atom. The molecule has 13 heavy (non-hydrogen) atoms. The molecule has 0 spiro atoms. The van der Waals surface area contributed by atoms with Crippen molar-refractivity contribution in [1.82, 2.24) is 4.98 Å². The van der Waals surface area contributed by atoms with E-state index in [1.807, 2.05) is 0 Å². The van der Waals surface area contributed by atoms with Crippen molar-refractivity contribution >= 4 is 17.9 Å². The quantitative estimate of drug-likeness (QED) is 0.554. The van der Waals surface area contributed by atoms with Crippen LogP contribution in [0.1, 0.15) is 22.3 Å². The van der Waals surface area contributed by atoms with Crippen molar-refractivity contribution in [3.05, 3.63) is 28.3 Å². The lowest BCUT2D eigenvalue weighted by Gasteiger charge is -2.02. The van der Waals surface area contributed by atoms with Gasteiger partial charge in [-0.05, 0) is 6.07 Å². The van der Waals surface area contributed by atoms with E-state index in [1.165, 1.54) is 0 Å². The largest absolute Gasteiger partial charge is 0.298 e. The molecule has 2 nitrogen and oxygen atoms in total. The standard InChI is InChI=1S/C7H3ClF3NO/c8-5-4(6(9)10)1-3(2-13)7(11)12-5/h1-2,6H. The van der Waals surface area contributed by atoms with Crippen LogP contribution in [-0.2, 0) is 0 Å². The van der Waals surface area contributed by atoms with Crippen LogP contribution in [0.4, 0.5) is 13.2 Å². The highest BCUT2D eigenvalue weighted by molar-refractivity contribution is 6.30. The number of carbonyl (C=O) groups excluding carboxylic acids is 1. The van der Waals surface area contributed by atoms with E-state index in [9.17, 15) is 18.0 Å². The van der Waals surface area contributed by atoms with Gasteiger partial charge in [-0.15, -0.1) is 0 Å². The van der Waals surface area contributed by atoms with Gasteiger partial charge < -0.3 is 0 Å². The van der Waals surface area contributed by atoms with Crippen LogP contribution < -0.4 is 0 Å². The van der Waals surface area contributed by atoms with E-state index in [4.69, 9.17) is 11.6 Å². The zero-order valence-corrected chi connectivity index (χ0v) is 6.86. The van der Waals surface area contributed by atoms with Gasteiger partial charge >= 0.3 is 0 Å². The van der Waals surface area contributed by atoms with Gasteiger partial charge in [0.1, 0.15) is 5.15 Å². The van der Waals surface area contributed by atoms with Gasteiger partial charge in [0.25, 0.3) is 6.43 Å². The monoisotopic (exact) mass is 209 g/mol. The molecule has 0 aliphatic rings. The molecule has 0 atom stereocenters. The minimum atomic E-state index is -2.88. The summed E-state index contributed by atoms with van der Waals surface area (Å²) in [7, 11) is 0. The summed E-state index contributed by atoms with van der Waals surface area (Å²) in [4.78, 5) is 13.1. The summed E-state index contributed by atoms with van der Waals surface area (Å²) in [6.07, 6.45) is -2.77. The second kappa shape index (κ2) is 3.74. The Morgan fingerprint density at radius 3 is 2.62 bits per heavy atom. The van der Waals surface area contributed by atoms with Crippen LogP contribution in [0.5, 0.6) is 0 Å². The topological polar surface area (TPSA) is 30.0 Å². The smallest absolute Gasteiger partial charge is 0.266 e. The average molecular weight is 210 g/mol. The Morgan fingerprint density at radius 1 is 1.54 bits per heavy atom. The third kappa shape index (κ3) is 1.98. The number of aldehydes is 1. The van der Waals surface area contributed by atoms with Crippen LogP contribution in [0.15, 0.2) is 6.07 Å². The van der Waals surface area contributed by atoms with E-state index in [0.29, 0.717) is 6.07 Å². The maximum atomic E-state index is 12.6. The molecule has 1 heterocycles. The molecule has 0 saturated carbocycles. The maximum Gasteiger partial charge on any atom is 0.266 e. The fourth-order valence-corrected chi connectivity index (χ4v) is 0.949. The molecule has 0 amide bonds. The zero-order valence-electron chi connectivity index (χ0n) is 6.10. The lowest BCUT2D eigenvalue weighted by Crippen LogP contribution is -1.98. The second-order valence-electron chi connectivity index (χ2n) is 2.17. The molecule has 0 unspecified atom stereocenters. The van der Waals surface area contributed by atoms with E-state index in [1.54, 1.807) is 0 Å². The van der Waals surface area contributed by atoms with E-state index in [-0.39, 0.29) is 6.29 Å². The van der Waals surface area contributed by atoms with Crippen LogP contribution in [0.25, 0.3) is 0 Å². The molecule has 70 valence electrons. The van der Waals surface area contributed by atoms with Crippen molar-refractivity contribution in [2.75, 3.05) is 0 Å². The van der Waals surface area contributed by atoms with Crippen molar-refractivity contribution < 1.29 is 18.0 Å². The summed E-state index contributed by atoms with van der Waals surface area (Å²) >= 11 is 5.21. The number of pyridine rings is 1. The van der Waals surface area contributed by atoms with Crippen molar-refractivity contribution in [3.63, 3.8) is 0 Å². The molecule has 1 rings (SSSR count). The fraction of sp³-hybridized carbons (Fsp3) is 0.143. The molecule has 0 radical (unpaired) electrons. The number of nitrogens with zero attached hydrogens (tertiary/aromatic N) is 1. The third-order valence-electron chi connectivity index (χ3n) is 1.35. The molecule has 0 aliphatic carbocycles. The van der Waals surface area contributed by atoms with Crippen molar-refractivity contribution in [2.24, 2.45) is 0 Å². The number of hydrogen-bond donors (Lipinski definition) is 0. The Hall–Kier alpha value is -1.10. The van der Waals surface area contributed by atoms with Crippen LogP contribution >= 0.6 is 11.6 Å². The highest BCUT2D eigenvalue weighted by atomic mass is 35.5. The Labute approximate surface area is 76.3 Å². The van der Waals surface area contributed by atoms with Crippen LogP contribution in [0.2, 0.25) is 5.15 Å². The molecule has 1 aromatic heterocycles. The summed E-state index contributed by atoms with van der Waals surface area (Å²) in [5, 5.41) is -0.627. The van der Waals surface area contributed by atoms with Gasteiger partial charge in [-0.3, -0.25) is 4.79 Å². The van der Waals surface area contributed by atoms with Gasteiger partial charge in [0, 0.05) is 0 Å². The van der Waals surface area contributed by atoms with Crippen LogP contribution in [-0.4, -0.2) is 11.3 Å². The third-order valence-corrected chi connectivity index (χ3v) is 1.65. The molecule has 0 saturated heterocycles. The van der Waals surface area contributed by atoms with E-state index in [2.05, 4.69) is 4.98 Å². The van der Waals surface area contributed by atoms with Crippen LogP contribution in [0, 0.1) is 5.95 Å². The predicted octanol–water partition coefficient (Wildman–Crippen LogP) is 2.62. The second-order valence-corrected chi connectivity index (χ2v) is 2.53. The predicted molar refractivity (Wildman–Crippen MR) is 39.5 cm³/mol. The first-order valence-corrected chi connectivity index (χ1v) is 3.53. The molecular formula is C7H3ClF3NO. The van der Waals surface area contributed by atoms with Crippen LogP contribution in [0.3, 0.4) is 0 Å². The van der Waals surface area contributed by atoms with Crippen molar-refractivity contribution in [2.45, 2.75) is 6.43 Å². The number of halogens is 4. The summed E-state index contributed by atoms with van der Waals surface area (Å²) in [6.45, 7) is 0. The van der Waals surface area contributed by atoms with Gasteiger partial charge in [-0.2, -0.15) is 4.39 Å². The highest BCUT2D eigenvalue weighted by Crippen LogP contribution is 2.26. The van der Waals surface area contributed by atoms with Gasteiger partial charge in [-0.25, -0.2) is 13.8 Å². The minimum absolute atomic E-state index is 0.102. The first-order chi connectivity index (χ1) is 6.06. The first kappa shape index (κ1) is 9.98. The Bertz CT molecular complexity index is 343. The molecule has 0 aromatic carbocycles. The molecule has 1 aromatic rings. The number of rotatable bonds is 2. The Balaban J connectivity index is 3.30. The van der Waals surface area contributed by atoms with E-state index < -0.39 is 28.7 Å². The highest BCUT2D eigenvalue weighted by Gasteiger charge is 2.16. The number of carbonyl (C=O) groups is 1. The number of alkyl halides is 2. The summed E-state index contributed by atoms with van der Waals surface area (Å²) in [5.41, 5.74) is -1.18. The maximum absolute atomic E-state index is 12.6. The van der Waals surface area contributed by atoms with Crippen molar-refractivity contribution in [1.29, 1.82) is 0 Å². The summed E-state index contributed by atoms with van der Waals surface area (Å²) in [5.74, 6) is -1.15. The Kier molecular flexibility index (Phi) is 2.87. The van der Waals surface area contributed by atoms with E-state index >= 15 is 0 Å². The molecule has 6 heteroatoms. The van der Waals surface area contributed by atoms with Crippen molar-refractivity contribution in [3.8, 4) is 0 Å². The first-order valence-electron chi connectivity index (χ1n) is 3.15. The number of aromatic nitrogens is 1. The van der Waals surface area contributed by atoms with Gasteiger partial charge in [0.15, 0.2) is 6.29 Å². The SMILES string of the molecule is O=Cc1cc(C(F)F)c(Cl)nc1F. The summed E-state index contributed by atoms with van der Waals surface area (Å²) in [6, 6.07) is 0.683. The lowest BCUT2D eigenvalue weighted by molar-refractivity contribution is 0.111. The summed E-state index contributed by atoms with van der Waals surface area (Å²) < 4.78 is 36.8. The molecule has 0 aliphatic heterocycles. The number of hydrogen-bond acceptors (Lipinski definition) is 2. The van der Waals surface area contributed by atoms with E-state index in [0.717, 1.165) is 0 Å². The molecule has 0 bridgehead atoms. The van der Waals surface area contributed by atoms with Gasteiger partial charge in [0.2, 0.25) is 5.95 Å².